The van der Waals surface area contributed by atoms with E-state index in [0.29, 0.717) is 0 Å². The van der Waals surface area contributed by atoms with Crippen molar-refractivity contribution in [3.05, 3.63) is 55.0 Å². The zero-order valence-electron chi connectivity index (χ0n) is 13.7. The average Bonchev–Trinajstić information content (AvgIpc) is 2.56. The number of fused-ring (bicyclic) bond motifs is 1. The van der Waals surface area contributed by atoms with Crippen LogP contribution in [0.25, 0.3) is 10.8 Å². The average molecular weight is 297 g/mol. The van der Waals surface area contributed by atoms with Crippen LogP contribution >= 0.6 is 0 Å². The molecule has 0 N–H and O–H groups in total. The Morgan fingerprint density at radius 2 is 1.45 bits per heavy atom. The predicted octanol–water partition coefficient (Wildman–Crippen LogP) is 5.96. The molecule has 1 heteroatoms. The van der Waals surface area contributed by atoms with Gasteiger partial charge in [-0.05, 0) is 42.0 Å². The van der Waals surface area contributed by atoms with Crippen molar-refractivity contribution in [3.63, 3.8) is 0 Å². The molecule has 0 bridgehead atoms. The second kappa shape index (κ2) is 10.4. The molecule has 0 unspecified atom stereocenters. The van der Waals surface area contributed by atoms with Gasteiger partial charge in [-0.1, -0.05) is 75.1 Å². The van der Waals surface area contributed by atoms with Crippen LogP contribution in [0.15, 0.2) is 42.5 Å². The smallest absolute Gasteiger partial charge is 0.0466 e. The van der Waals surface area contributed by atoms with E-state index in [1.54, 1.807) is 0 Å². The zero-order valence-corrected chi connectivity index (χ0v) is 13.7. The lowest BCUT2D eigenvalue weighted by atomic mass is 10.0. The van der Waals surface area contributed by atoms with Gasteiger partial charge < -0.3 is 4.74 Å². The molecule has 0 aliphatic rings. The summed E-state index contributed by atoms with van der Waals surface area (Å²) in [5, 5.41) is 2.68. The van der Waals surface area contributed by atoms with Gasteiger partial charge in [0.1, 0.15) is 0 Å². The number of rotatable bonds is 11. The minimum absolute atomic E-state index is 0.919. The van der Waals surface area contributed by atoms with E-state index in [9.17, 15) is 0 Å². The lowest BCUT2D eigenvalue weighted by Gasteiger charge is -2.05. The molecular weight excluding hydrogens is 268 g/mol. The van der Waals surface area contributed by atoms with Gasteiger partial charge >= 0.3 is 0 Å². The lowest BCUT2D eigenvalue weighted by molar-refractivity contribution is 0.126. The van der Waals surface area contributed by atoms with Crippen LogP contribution in [0.2, 0.25) is 0 Å². The minimum Gasteiger partial charge on any atom is -0.381 e. The van der Waals surface area contributed by atoms with Gasteiger partial charge in [0.2, 0.25) is 0 Å². The molecule has 0 aromatic heterocycles. The lowest BCUT2D eigenvalue weighted by Crippen LogP contribution is -1.97. The Balaban J connectivity index is 1.54. The summed E-state index contributed by atoms with van der Waals surface area (Å²) >= 11 is 0. The summed E-state index contributed by atoms with van der Waals surface area (Å²) < 4.78 is 5.67. The number of ether oxygens (including phenoxy) is 1. The first-order chi connectivity index (χ1) is 10.9. The van der Waals surface area contributed by atoms with E-state index in [1.165, 1.54) is 61.3 Å². The maximum absolute atomic E-state index is 5.67. The standard InChI is InChI=1S/C21H29O/c1-2-3-4-9-16-22-17-10-5-6-11-19-14-15-20-12-7-8-13-21(20)18-19/h7-8,12-15,18H,1-6,9-11,16-17H2. The van der Waals surface area contributed by atoms with Crippen molar-refractivity contribution < 1.29 is 4.74 Å². The fourth-order valence-electron chi connectivity index (χ4n) is 2.76. The quantitative estimate of drug-likeness (QED) is 0.465. The third-order valence-corrected chi connectivity index (χ3v) is 4.11. The van der Waals surface area contributed by atoms with Crippen LogP contribution in [0, 0.1) is 6.92 Å². The Morgan fingerprint density at radius 3 is 2.23 bits per heavy atom. The highest BCUT2D eigenvalue weighted by atomic mass is 16.5. The summed E-state index contributed by atoms with van der Waals surface area (Å²) in [5.41, 5.74) is 1.45. The van der Waals surface area contributed by atoms with Crippen LogP contribution in [0.3, 0.4) is 0 Å². The molecule has 2 rings (SSSR count). The third-order valence-electron chi connectivity index (χ3n) is 4.11. The van der Waals surface area contributed by atoms with Gasteiger partial charge in [-0.2, -0.15) is 0 Å². The van der Waals surface area contributed by atoms with Crippen molar-refractivity contribution in [3.8, 4) is 0 Å². The van der Waals surface area contributed by atoms with Crippen molar-refractivity contribution in [2.45, 2.75) is 51.4 Å². The van der Waals surface area contributed by atoms with Crippen LogP contribution in [-0.4, -0.2) is 13.2 Å². The fraction of sp³-hybridized carbons (Fsp3) is 0.476. The van der Waals surface area contributed by atoms with Gasteiger partial charge in [0, 0.05) is 13.2 Å². The topological polar surface area (TPSA) is 9.23 Å². The Bertz CT molecular complexity index is 532. The molecule has 0 aliphatic carbocycles. The number of hydrogen-bond donors (Lipinski definition) is 0. The Morgan fingerprint density at radius 1 is 0.727 bits per heavy atom. The molecule has 0 saturated heterocycles. The Hall–Kier alpha value is -1.34. The summed E-state index contributed by atoms with van der Waals surface area (Å²) in [7, 11) is 0. The largest absolute Gasteiger partial charge is 0.381 e. The van der Waals surface area contributed by atoms with Crippen molar-refractivity contribution in [1.82, 2.24) is 0 Å². The molecule has 0 heterocycles. The second-order valence-electron chi connectivity index (χ2n) is 6.02. The van der Waals surface area contributed by atoms with Crippen LogP contribution < -0.4 is 0 Å². The molecule has 0 fully saturated rings. The highest BCUT2D eigenvalue weighted by Crippen LogP contribution is 2.17. The molecule has 0 spiro atoms. The highest BCUT2D eigenvalue weighted by molar-refractivity contribution is 5.82. The van der Waals surface area contributed by atoms with E-state index in [4.69, 9.17) is 4.74 Å². The normalized spacial score (nSPS) is 11.1. The summed E-state index contributed by atoms with van der Waals surface area (Å²) in [6.07, 6.45) is 9.59. The summed E-state index contributed by atoms with van der Waals surface area (Å²) in [4.78, 5) is 0. The number of aryl methyl sites for hydroxylation is 1. The molecule has 1 radical (unpaired) electrons. The maximum atomic E-state index is 5.67. The molecule has 2 aromatic carbocycles. The molecule has 2 aromatic rings. The molecule has 119 valence electrons. The maximum Gasteiger partial charge on any atom is 0.0466 e. The van der Waals surface area contributed by atoms with Gasteiger partial charge in [-0.3, -0.25) is 0 Å². The van der Waals surface area contributed by atoms with E-state index in [-0.39, 0.29) is 0 Å². The van der Waals surface area contributed by atoms with Gasteiger partial charge in [-0.25, -0.2) is 0 Å². The molecule has 0 aliphatic heterocycles. The summed E-state index contributed by atoms with van der Waals surface area (Å²) in [6, 6.07) is 15.4. The van der Waals surface area contributed by atoms with Crippen LogP contribution in [0.4, 0.5) is 0 Å². The molecule has 0 amide bonds. The first-order valence-electron chi connectivity index (χ1n) is 8.75. The summed E-state index contributed by atoms with van der Waals surface area (Å²) in [6.45, 7) is 5.69. The molecule has 0 saturated carbocycles. The number of unbranched alkanes of at least 4 members (excludes halogenated alkanes) is 5. The number of benzene rings is 2. The van der Waals surface area contributed by atoms with Crippen molar-refractivity contribution in [2.75, 3.05) is 13.2 Å². The van der Waals surface area contributed by atoms with Gasteiger partial charge in [0.25, 0.3) is 0 Å². The van der Waals surface area contributed by atoms with Crippen LogP contribution in [-0.2, 0) is 11.2 Å². The zero-order chi connectivity index (χ0) is 15.5. The number of hydrogen-bond acceptors (Lipinski definition) is 1. The summed E-state index contributed by atoms with van der Waals surface area (Å²) in [5.74, 6) is 0. The first kappa shape index (κ1) is 17.0. The molecule has 1 nitrogen and oxygen atoms in total. The molecule has 0 atom stereocenters. The third kappa shape index (κ3) is 6.19. The van der Waals surface area contributed by atoms with Crippen LogP contribution in [0.5, 0.6) is 0 Å². The van der Waals surface area contributed by atoms with Crippen LogP contribution in [0.1, 0.15) is 50.5 Å². The van der Waals surface area contributed by atoms with E-state index in [0.717, 1.165) is 19.6 Å². The molecular formula is C21H29O. The Kier molecular flexibility index (Phi) is 8.04. The van der Waals surface area contributed by atoms with Gasteiger partial charge in [0.05, 0.1) is 0 Å². The van der Waals surface area contributed by atoms with E-state index >= 15 is 0 Å². The monoisotopic (exact) mass is 297 g/mol. The van der Waals surface area contributed by atoms with E-state index < -0.39 is 0 Å². The SMILES string of the molecule is [CH2]CCCCCOCCCCCc1ccc2ccccc2c1. The first-order valence-corrected chi connectivity index (χ1v) is 8.75. The van der Waals surface area contributed by atoms with E-state index in [1.807, 2.05) is 0 Å². The highest BCUT2D eigenvalue weighted by Gasteiger charge is 1.97. The van der Waals surface area contributed by atoms with Crippen molar-refractivity contribution in [1.29, 1.82) is 0 Å². The predicted molar refractivity (Wildman–Crippen MR) is 96.1 cm³/mol. The fourth-order valence-corrected chi connectivity index (χ4v) is 2.76. The van der Waals surface area contributed by atoms with Crippen molar-refractivity contribution >= 4 is 10.8 Å². The Labute approximate surface area is 135 Å². The van der Waals surface area contributed by atoms with Gasteiger partial charge in [-0.15, -0.1) is 0 Å². The van der Waals surface area contributed by atoms with Crippen molar-refractivity contribution in [2.24, 2.45) is 0 Å². The van der Waals surface area contributed by atoms with Gasteiger partial charge in [0.15, 0.2) is 0 Å². The second-order valence-corrected chi connectivity index (χ2v) is 6.02. The van der Waals surface area contributed by atoms with E-state index in [2.05, 4.69) is 49.4 Å². The minimum atomic E-state index is 0.919. The molecule has 22 heavy (non-hydrogen) atoms.